The quantitative estimate of drug-likeness (QED) is 0.812. The van der Waals surface area contributed by atoms with E-state index in [4.69, 9.17) is 10.2 Å². The van der Waals surface area contributed by atoms with Gasteiger partial charge in [-0.1, -0.05) is 11.8 Å². The van der Waals surface area contributed by atoms with Gasteiger partial charge in [0.25, 0.3) is 0 Å². The topological polar surface area (TPSA) is 40.5 Å². The minimum absolute atomic E-state index is 0.269. The molecule has 2 rings (SSSR count). The molecule has 0 spiro atoms. The van der Waals surface area contributed by atoms with E-state index in [0.717, 1.165) is 9.79 Å². The lowest BCUT2D eigenvalue weighted by Gasteiger charge is -2.01. The normalized spacial score (nSPS) is 10.1. The maximum absolute atomic E-state index is 9.12. The van der Waals surface area contributed by atoms with Gasteiger partial charge in [-0.2, -0.15) is 0 Å². The number of hydrogen-bond acceptors (Lipinski definition) is 3. The van der Waals surface area contributed by atoms with E-state index in [-0.39, 0.29) is 11.5 Å². The minimum Gasteiger partial charge on any atom is -0.508 e. The highest BCUT2D eigenvalue weighted by Crippen LogP contribution is 2.29. The fourth-order valence-corrected chi connectivity index (χ4v) is 1.98. The molecule has 2 aromatic carbocycles. The number of aromatic hydroxyl groups is 2. The molecule has 15 heavy (non-hydrogen) atoms. The monoisotopic (exact) mass is 218 g/mol. The Labute approximate surface area is 92.2 Å². The lowest BCUT2D eigenvalue weighted by Crippen LogP contribution is -1.73. The molecule has 0 saturated carbocycles. The van der Waals surface area contributed by atoms with Crippen LogP contribution in [0, 0.1) is 0 Å². The molecular weight excluding hydrogens is 208 g/mol. The summed E-state index contributed by atoms with van der Waals surface area (Å²) in [6.45, 7) is 0. The van der Waals surface area contributed by atoms with Gasteiger partial charge in [-0.25, -0.2) is 0 Å². The van der Waals surface area contributed by atoms with Crippen molar-refractivity contribution in [3.05, 3.63) is 48.5 Å². The van der Waals surface area contributed by atoms with E-state index in [9.17, 15) is 0 Å². The van der Waals surface area contributed by atoms with Crippen LogP contribution in [0.3, 0.4) is 0 Å². The van der Waals surface area contributed by atoms with Gasteiger partial charge in [-0.15, -0.1) is 0 Å². The minimum atomic E-state index is 0.269. The smallest absolute Gasteiger partial charge is 0.115 e. The molecule has 76 valence electrons. The summed E-state index contributed by atoms with van der Waals surface area (Å²) < 4.78 is 0. The number of phenols is 2. The summed E-state index contributed by atoms with van der Waals surface area (Å²) in [5.41, 5.74) is 0. The van der Waals surface area contributed by atoms with Gasteiger partial charge in [-0.05, 0) is 48.5 Å². The van der Waals surface area contributed by atoms with Gasteiger partial charge in [0.2, 0.25) is 0 Å². The largest absolute Gasteiger partial charge is 0.508 e. The van der Waals surface area contributed by atoms with E-state index in [1.165, 1.54) is 0 Å². The Kier molecular flexibility index (Phi) is 2.83. The summed E-state index contributed by atoms with van der Waals surface area (Å²) in [6, 6.07) is 14.0. The number of phenolic OH excluding ortho intramolecular Hbond substituents is 2. The van der Waals surface area contributed by atoms with Crippen molar-refractivity contribution in [3.8, 4) is 11.5 Å². The molecular formula is C12H10O2S. The second kappa shape index (κ2) is 4.28. The van der Waals surface area contributed by atoms with Gasteiger partial charge in [0, 0.05) is 9.79 Å². The summed E-state index contributed by atoms with van der Waals surface area (Å²) in [6.07, 6.45) is 0. The Morgan fingerprint density at radius 3 is 1.27 bits per heavy atom. The van der Waals surface area contributed by atoms with Crippen LogP contribution in [0.25, 0.3) is 0 Å². The first-order valence-electron chi connectivity index (χ1n) is 4.50. The summed E-state index contributed by atoms with van der Waals surface area (Å²) in [5, 5.41) is 18.2. The number of benzene rings is 2. The fourth-order valence-electron chi connectivity index (χ4n) is 1.16. The molecule has 0 aliphatic rings. The van der Waals surface area contributed by atoms with Gasteiger partial charge in [-0.3, -0.25) is 0 Å². The average molecular weight is 218 g/mol. The van der Waals surface area contributed by atoms with Crippen molar-refractivity contribution in [1.29, 1.82) is 0 Å². The zero-order chi connectivity index (χ0) is 10.7. The van der Waals surface area contributed by atoms with E-state index in [0.29, 0.717) is 0 Å². The van der Waals surface area contributed by atoms with Crippen LogP contribution < -0.4 is 0 Å². The van der Waals surface area contributed by atoms with Crippen LogP contribution in [0.15, 0.2) is 58.3 Å². The van der Waals surface area contributed by atoms with E-state index in [2.05, 4.69) is 0 Å². The molecule has 0 aromatic heterocycles. The Morgan fingerprint density at radius 1 is 0.600 bits per heavy atom. The van der Waals surface area contributed by atoms with Gasteiger partial charge in [0.05, 0.1) is 0 Å². The first-order chi connectivity index (χ1) is 7.24. The summed E-state index contributed by atoms with van der Waals surface area (Å²) in [5.74, 6) is 0.537. The highest BCUT2D eigenvalue weighted by atomic mass is 32.2. The Morgan fingerprint density at radius 2 is 0.933 bits per heavy atom. The van der Waals surface area contributed by atoms with Gasteiger partial charge in [0.15, 0.2) is 0 Å². The van der Waals surface area contributed by atoms with Crippen molar-refractivity contribution < 1.29 is 10.2 Å². The number of hydrogen-bond donors (Lipinski definition) is 2. The van der Waals surface area contributed by atoms with Crippen LogP contribution in [0.4, 0.5) is 0 Å². The number of rotatable bonds is 2. The molecule has 2 aromatic rings. The van der Waals surface area contributed by atoms with Crippen LogP contribution in [0.5, 0.6) is 11.5 Å². The van der Waals surface area contributed by atoms with Crippen molar-refractivity contribution in [2.45, 2.75) is 9.79 Å². The zero-order valence-corrected chi connectivity index (χ0v) is 8.74. The SMILES string of the molecule is Oc1ccc(Sc2ccc(O)cc2)cc1. The Hall–Kier alpha value is -1.61. The predicted octanol–water partition coefficient (Wildman–Crippen LogP) is 3.25. The molecule has 2 nitrogen and oxygen atoms in total. The van der Waals surface area contributed by atoms with Crippen LogP contribution >= 0.6 is 11.8 Å². The first kappa shape index (κ1) is 9.93. The highest BCUT2D eigenvalue weighted by Gasteiger charge is 1.97. The molecule has 3 heteroatoms. The third kappa shape index (κ3) is 2.67. The molecule has 0 fully saturated rings. The van der Waals surface area contributed by atoms with Crippen molar-refractivity contribution in [2.24, 2.45) is 0 Å². The van der Waals surface area contributed by atoms with Crippen molar-refractivity contribution in [1.82, 2.24) is 0 Å². The molecule has 0 unspecified atom stereocenters. The third-order valence-electron chi connectivity index (χ3n) is 1.91. The third-order valence-corrected chi connectivity index (χ3v) is 2.92. The van der Waals surface area contributed by atoms with Crippen LogP contribution in [0.1, 0.15) is 0 Å². The Balaban J connectivity index is 2.15. The molecule has 0 heterocycles. The highest BCUT2D eigenvalue weighted by molar-refractivity contribution is 7.99. The van der Waals surface area contributed by atoms with Crippen LogP contribution in [-0.2, 0) is 0 Å². The van der Waals surface area contributed by atoms with Crippen molar-refractivity contribution in [2.75, 3.05) is 0 Å². The summed E-state index contributed by atoms with van der Waals surface area (Å²) in [4.78, 5) is 2.11. The second-order valence-corrected chi connectivity index (χ2v) is 4.24. The molecule has 0 saturated heterocycles. The molecule has 0 radical (unpaired) electrons. The van der Waals surface area contributed by atoms with Gasteiger partial charge in [0.1, 0.15) is 11.5 Å². The molecule has 0 bridgehead atoms. The van der Waals surface area contributed by atoms with E-state index in [1.807, 2.05) is 24.3 Å². The van der Waals surface area contributed by atoms with Gasteiger partial charge >= 0.3 is 0 Å². The lowest BCUT2D eigenvalue weighted by atomic mass is 10.3. The van der Waals surface area contributed by atoms with Crippen LogP contribution in [-0.4, -0.2) is 10.2 Å². The first-order valence-corrected chi connectivity index (χ1v) is 5.31. The zero-order valence-electron chi connectivity index (χ0n) is 7.92. The summed E-state index contributed by atoms with van der Waals surface area (Å²) >= 11 is 1.58. The maximum atomic E-state index is 9.12. The van der Waals surface area contributed by atoms with E-state index >= 15 is 0 Å². The van der Waals surface area contributed by atoms with Crippen molar-refractivity contribution >= 4 is 11.8 Å². The predicted molar refractivity (Wildman–Crippen MR) is 60.3 cm³/mol. The molecule has 0 amide bonds. The summed E-state index contributed by atoms with van der Waals surface area (Å²) in [7, 11) is 0. The standard InChI is InChI=1S/C12H10O2S/c13-9-1-5-11(6-2-9)15-12-7-3-10(14)4-8-12/h1-8,13-14H. The lowest BCUT2D eigenvalue weighted by molar-refractivity contribution is 0.474. The van der Waals surface area contributed by atoms with E-state index < -0.39 is 0 Å². The van der Waals surface area contributed by atoms with E-state index in [1.54, 1.807) is 36.0 Å². The molecule has 0 aliphatic carbocycles. The van der Waals surface area contributed by atoms with Crippen molar-refractivity contribution in [3.63, 3.8) is 0 Å². The molecule has 0 atom stereocenters. The van der Waals surface area contributed by atoms with Gasteiger partial charge < -0.3 is 10.2 Å². The Bertz CT molecular complexity index is 391. The van der Waals surface area contributed by atoms with Crippen LogP contribution in [0.2, 0.25) is 0 Å². The molecule has 2 N–H and O–H groups in total. The average Bonchev–Trinajstić information content (AvgIpc) is 2.25. The molecule has 0 aliphatic heterocycles. The maximum Gasteiger partial charge on any atom is 0.115 e. The second-order valence-electron chi connectivity index (χ2n) is 3.09. The fraction of sp³-hybridized carbons (Fsp3) is 0.